The Morgan fingerprint density at radius 3 is 2.67 bits per heavy atom. The molecule has 1 atom stereocenters. The largest absolute Gasteiger partial charge is 0.313 e. The van der Waals surface area contributed by atoms with Gasteiger partial charge in [0.15, 0.2) is 0 Å². The summed E-state index contributed by atoms with van der Waals surface area (Å²) in [4.78, 5) is 0. The third-order valence-corrected chi connectivity index (χ3v) is 4.88. The molecule has 1 aromatic rings. The third kappa shape index (κ3) is 3.40. The zero-order valence-corrected chi connectivity index (χ0v) is 12.4. The summed E-state index contributed by atoms with van der Waals surface area (Å²) in [6.07, 6.45) is 8.05. The first kappa shape index (κ1) is 14.2. The second kappa shape index (κ2) is 6.79. The maximum absolute atomic E-state index is 6.29. The maximum atomic E-state index is 6.29. The lowest BCUT2D eigenvalue weighted by Crippen LogP contribution is -2.17. The van der Waals surface area contributed by atoms with Gasteiger partial charge in [-0.15, -0.1) is 0 Å². The Kier molecular flexibility index (Phi) is 5.35. The van der Waals surface area contributed by atoms with E-state index in [1.165, 1.54) is 32.1 Å². The van der Waals surface area contributed by atoms with Crippen molar-refractivity contribution in [3.63, 3.8) is 0 Å². The topological polar surface area (TPSA) is 12.0 Å². The van der Waals surface area contributed by atoms with E-state index in [0.717, 1.165) is 17.9 Å². The van der Waals surface area contributed by atoms with E-state index in [1.807, 2.05) is 19.2 Å². The minimum absolute atomic E-state index is 0.316. The molecule has 0 aliphatic heterocycles. The highest BCUT2D eigenvalue weighted by atomic mass is 35.5. The Bertz CT molecular complexity index is 386. The number of rotatable bonds is 5. The first-order valence-electron chi connectivity index (χ1n) is 6.83. The van der Waals surface area contributed by atoms with Gasteiger partial charge >= 0.3 is 0 Å². The van der Waals surface area contributed by atoms with Gasteiger partial charge in [-0.1, -0.05) is 61.0 Å². The third-order valence-electron chi connectivity index (χ3n) is 4.04. The van der Waals surface area contributed by atoms with E-state index in [1.54, 1.807) is 0 Å². The van der Waals surface area contributed by atoms with Crippen molar-refractivity contribution in [2.45, 2.75) is 44.6 Å². The zero-order chi connectivity index (χ0) is 13.0. The lowest BCUT2D eigenvalue weighted by molar-refractivity contribution is 0.427. The second-order valence-electron chi connectivity index (χ2n) is 5.21. The molecule has 0 bridgehead atoms. The normalized spacial score (nSPS) is 18.2. The fourth-order valence-electron chi connectivity index (χ4n) is 2.95. The molecule has 18 heavy (non-hydrogen) atoms. The fraction of sp³-hybridized carbons (Fsp3) is 0.600. The average Bonchev–Trinajstić information content (AvgIpc) is 2.88. The molecule has 0 radical (unpaired) electrons. The van der Waals surface area contributed by atoms with Crippen LogP contribution < -0.4 is 5.32 Å². The minimum atomic E-state index is 0.316. The van der Waals surface area contributed by atoms with E-state index >= 15 is 0 Å². The van der Waals surface area contributed by atoms with Gasteiger partial charge in [0.2, 0.25) is 0 Å². The molecule has 0 amide bonds. The summed E-state index contributed by atoms with van der Waals surface area (Å²) in [6, 6.07) is 6.21. The highest BCUT2D eigenvalue weighted by Crippen LogP contribution is 2.35. The Balaban J connectivity index is 2.00. The second-order valence-corrected chi connectivity index (χ2v) is 6.00. The summed E-state index contributed by atoms with van der Waals surface area (Å²) in [6.45, 7) is 0. The molecule has 100 valence electrons. The fourth-order valence-corrected chi connectivity index (χ4v) is 3.39. The molecule has 2 rings (SSSR count). The van der Waals surface area contributed by atoms with Crippen molar-refractivity contribution in [3.05, 3.63) is 33.8 Å². The van der Waals surface area contributed by atoms with Crippen LogP contribution in [-0.4, -0.2) is 7.05 Å². The first-order chi connectivity index (χ1) is 8.72. The molecule has 0 aromatic heterocycles. The molecule has 1 fully saturated rings. The van der Waals surface area contributed by atoms with Gasteiger partial charge < -0.3 is 5.32 Å². The molecular weight excluding hydrogens is 265 g/mol. The molecule has 0 saturated heterocycles. The minimum Gasteiger partial charge on any atom is -0.313 e. The molecule has 1 aliphatic carbocycles. The predicted octanol–water partition coefficient (Wildman–Crippen LogP) is 5.22. The van der Waals surface area contributed by atoms with E-state index in [9.17, 15) is 0 Å². The van der Waals surface area contributed by atoms with Crippen LogP contribution in [0.25, 0.3) is 0 Å². The Morgan fingerprint density at radius 1 is 1.28 bits per heavy atom. The van der Waals surface area contributed by atoms with Crippen LogP contribution in [0.4, 0.5) is 0 Å². The van der Waals surface area contributed by atoms with Crippen LogP contribution in [0, 0.1) is 5.92 Å². The standard InChI is InChI=1S/C15H21Cl2N/c1-18-14(10-9-11-5-2-3-6-11)12-7-4-8-13(16)15(12)17/h4,7-8,11,14,18H,2-3,5-6,9-10H2,1H3. The average molecular weight is 286 g/mol. The molecule has 0 spiro atoms. The lowest BCUT2D eigenvalue weighted by Gasteiger charge is -2.20. The van der Waals surface area contributed by atoms with Gasteiger partial charge in [-0.2, -0.15) is 0 Å². The van der Waals surface area contributed by atoms with Crippen molar-refractivity contribution in [3.8, 4) is 0 Å². The molecule has 1 nitrogen and oxygen atoms in total. The number of nitrogens with one attached hydrogen (secondary N) is 1. The van der Waals surface area contributed by atoms with Crippen molar-refractivity contribution in [2.24, 2.45) is 5.92 Å². The number of hydrogen-bond acceptors (Lipinski definition) is 1. The van der Waals surface area contributed by atoms with Gasteiger partial charge in [-0.3, -0.25) is 0 Å². The number of hydrogen-bond donors (Lipinski definition) is 1. The lowest BCUT2D eigenvalue weighted by atomic mass is 9.95. The summed E-state index contributed by atoms with van der Waals surface area (Å²) >= 11 is 12.4. The summed E-state index contributed by atoms with van der Waals surface area (Å²) in [7, 11) is 2.00. The van der Waals surface area contributed by atoms with Crippen LogP contribution in [0.3, 0.4) is 0 Å². The summed E-state index contributed by atoms with van der Waals surface area (Å²) in [5.41, 5.74) is 1.13. The van der Waals surface area contributed by atoms with Crippen molar-refractivity contribution in [1.82, 2.24) is 5.32 Å². The van der Waals surface area contributed by atoms with Crippen LogP contribution in [0.5, 0.6) is 0 Å². The van der Waals surface area contributed by atoms with Crippen molar-refractivity contribution >= 4 is 23.2 Å². The molecule has 3 heteroatoms. The maximum Gasteiger partial charge on any atom is 0.0640 e. The molecule has 1 N–H and O–H groups in total. The van der Waals surface area contributed by atoms with Crippen LogP contribution >= 0.6 is 23.2 Å². The Labute approximate surface area is 120 Å². The van der Waals surface area contributed by atoms with Crippen LogP contribution in [0.1, 0.15) is 50.1 Å². The quantitative estimate of drug-likeness (QED) is 0.782. The number of benzene rings is 1. The van der Waals surface area contributed by atoms with Gasteiger partial charge in [0, 0.05) is 6.04 Å². The molecule has 1 unspecified atom stereocenters. The molecule has 1 aromatic carbocycles. The monoisotopic (exact) mass is 285 g/mol. The first-order valence-corrected chi connectivity index (χ1v) is 7.59. The smallest absolute Gasteiger partial charge is 0.0640 e. The van der Waals surface area contributed by atoms with Gasteiger partial charge in [-0.25, -0.2) is 0 Å². The molecular formula is C15H21Cl2N. The van der Waals surface area contributed by atoms with Crippen molar-refractivity contribution < 1.29 is 0 Å². The molecule has 1 aliphatic rings. The van der Waals surface area contributed by atoms with Gasteiger partial charge in [0.1, 0.15) is 0 Å². The van der Waals surface area contributed by atoms with E-state index in [-0.39, 0.29) is 0 Å². The van der Waals surface area contributed by atoms with E-state index in [2.05, 4.69) is 11.4 Å². The molecule has 1 saturated carbocycles. The van der Waals surface area contributed by atoms with Gasteiger partial charge in [0.25, 0.3) is 0 Å². The summed E-state index contributed by atoms with van der Waals surface area (Å²) in [5.74, 6) is 0.916. The van der Waals surface area contributed by atoms with Gasteiger partial charge in [0.05, 0.1) is 10.0 Å². The highest BCUT2D eigenvalue weighted by Gasteiger charge is 2.19. The highest BCUT2D eigenvalue weighted by molar-refractivity contribution is 6.42. The van der Waals surface area contributed by atoms with Crippen LogP contribution in [-0.2, 0) is 0 Å². The summed E-state index contributed by atoms with van der Waals surface area (Å²) < 4.78 is 0. The Morgan fingerprint density at radius 2 is 2.00 bits per heavy atom. The summed E-state index contributed by atoms with van der Waals surface area (Å²) in [5, 5.41) is 4.71. The van der Waals surface area contributed by atoms with Crippen molar-refractivity contribution in [1.29, 1.82) is 0 Å². The van der Waals surface area contributed by atoms with E-state index < -0.39 is 0 Å². The van der Waals surface area contributed by atoms with Crippen LogP contribution in [0.15, 0.2) is 18.2 Å². The van der Waals surface area contributed by atoms with Crippen molar-refractivity contribution in [2.75, 3.05) is 7.05 Å². The SMILES string of the molecule is CNC(CCC1CCCC1)c1cccc(Cl)c1Cl. The van der Waals surface area contributed by atoms with E-state index in [4.69, 9.17) is 23.2 Å². The number of halogens is 2. The van der Waals surface area contributed by atoms with Crippen LogP contribution in [0.2, 0.25) is 10.0 Å². The Hall–Kier alpha value is -0.240. The van der Waals surface area contributed by atoms with E-state index in [0.29, 0.717) is 16.1 Å². The molecule has 0 heterocycles. The zero-order valence-electron chi connectivity index (χ0n) is 10.9. The van der Waals surface area contributed by atoms with Gasteiger partial charge in [-0.05, 0) is 37.4 Å². The predicted molar refractivity (Wildman–Crippen MR) is 79.5 cm³/mol.